The first-order valence-electron chi connectivity index (χ1n) is 6.16. The molecule has 5 heteroatoms. The van der Waals surface area contributed by atoms with Crippen molar-refractivity contribution >= 4 is 11.5 Å². The van der Waals surface area contributed by atoms with E-state index >= 15 is 0 Å². The number of carbonyl (C=O) groups excluding carboxylic acids is 1. The van der Waals surface area contributed by atoms with Gasteiger partial charge in [0.2, 0.25) is 0 Å². The van der Waals surface area contributed by atoms with Gasteiger partial charge in [0, 0.05) is 0 Å². The minimum absolute atomic E-state index is 0.0587. The fourth-order valence-corrected chi connectivity index (χ4v) is 1.89. The number of cyclic esters (lactones) is 1. The third kappa shape index (κ3) is 2.65. The number of benzene rings is 1. The van der Waals surface area contributed by atoms with E-state index in [4.69, 9.17) is 14.2 Å². The number of carbonyl (C=O) groups is 1. The van der Waals surface area contributed by atoms with Crippen molar-refractivity contribution in [2.24, 2.45) is 0 Å². The van der Waals surface area contributed by atoms with E-state index in [2.05, 4.69) is 0 Å². The van der Waals surface area contributed by atoms with Crippen LogP contribution in [-0.2, 0) is 9.53 Å². The summed E-state index contributed by atoms with van der Waals surface area (Å²) in [5.41, 5.74) is 0.746. The molecule has 1 N–H and O–H groups in total. The molecule has 0 amide bonds. The Kier molecular flexibility index (Phi) is 3.94. The van der Waals surface area contributed by atoms with Crippen LogP contribution >= 0.6 is 0 Å². The molecule has 0 fully saturated rings. The van der Waals surface area contributed by atoms with Crippen LogP contribution in [0.3, 0.4) is 0 Å². The number of aliphatic hydroxyl groups excluding tert-OH is 1. The van der Waals surface area contributed by atoms with Gasteiger partial charge < -0.3 is 19.3 Å². The van der Waals surface area contributed by atoms with Crippen molar-refractivity contribution in [2.45, 2.75) is 13.8 Å². The van der Waals surface area contributed by atoms with E-state index in [9.17, 15) is 9.90 Å². The van der Waals surface area contributed by atoms with E-state index in [0.717, 1.165) is 0 Å². The Morgan fingerprint density at radius 2 is 1.89 bits per heavy atom. The molecule has 2 rings (SSSR count). The van der Waals surface area contributed by atoms with Gasteiger partial charge >= 0.3 is 5.97 Å². The van der Waals surface area contributed by atoms with E-state index in [1.807, 2.05) is 13.8 Å². The van der Waals surface area contributed by atoms with Gasteiger partial charge in [0.25, 0.3) is 0 Å². The summed E-state index contributed by atoms with van der Waals surface area (Å²) >= 11 is 0. The van der Waals surface area contributed by atoms with Crippen LogP contribution in [0.25, 0.3) is 5.57 Å². The highest BCUT2D eigenvalue weighted by Gasteiger charge is 2.26. The highest BCUT2D eigenvalue weighted by molar-refractivity contribution is 6.18. The zero-order valence-corrected chi connectivity index (χ0v) is 10.9. The average molecular weight is 264 g/mol. The SMILES string of the molecule is CCOc1ccc(C2=C(O)COC2=O)cc1OCC. The molecule has 0 unspecified atom stereocenters. The number of ether oxygens (including phenoxy) is 3. The highest BCUT2D eigenvalue weighted by atomic mass is 16.5. The minimum atomic E-state index is -0.524. The van der Waals surface area contributed by atoms with E-state index in [1.54, 1.807) is 18.2 Å². The van der Waals surface area contributed by atoms with Crippen molar-refractivity contribution in [1.82, 2.24) is 0 Å². The monoisotopic (exact) mass is 264 g/mol. The molecule has 102 valence electrons. The molecule has 0 saturated carbocycles. The van der Waals surface area contributed by atoms with Gasteiger partial charge in [0.15, 0.2) is 11.5 Å². The van der Waals surface area contributed by atoms with Crippen LogP contribution in [0.1, 0.15) is 19.4 Å². The molecule has 0 aromatic heterocycles. The van der Waals surface area contributed by atoms with Gasteiger partial charge in [-0.2, -0.15) is 0 Å². The molecule has 1 aliphatic heterocycles. The fourth-order valence-electron chi connectivity index (χ4n) is 1.89. The molecule has 0 bridgehead atoms. The van der Waals surface area contributed by atoms with Gasteiger partial charge in [-0.15, -0.1) is 0 Å². The predicted molar refractivity (Wildman–Crippen MR) is 69.3 cm³/mol. The second-order valence-electron chi connectivity index (χ2n) is 3.93. The van der Waals surface area contributed by atoms with Crippen LogP contribution < -0.4 is 9.47 Å². The molecule has 0 radical (unpaired) electrons. The van der Waals surface area contributed by atoms with E-state index in [0.29, 0.717) is 30.3 Å². The molecule has 0 aliphatic carbocycles. The lowest BCUT2D eigenvalue weighted by Gasteiger charge is -2.12. The molecule has 0 saturated heterocycles. The third-order valence-corrected chi connectivity index (χ3v) is 2.66. The van der Waals surface area contributed by atoms with Gasteiger partial charge in [0.1, 0.15) is 17.9 Å². The molecule has 5 nitrogen and oxygen atoms in total. The van der Waals surface area contributed by atoms with Gasteiger partial charge in [-0.1, -0.05) is 6.07 Å². The summed E-state index contributed by atoms with van der Waals surface area (Å²) in [5, 5.41) is 9.67. The molecule has 0 spiro atoms. The highest BCUT2D eigenvalue weighted by Crippen LogP contribution is 2.33. The number of hydrogen-bond acceptors (Lipinski definition) is 5. The molecule has 1 aliphatic rings. The summed E-state index contributed by atoms with van der Waals surface area (Å²) in [6.07, 6.45) is 0. The Balaban J connectivity index is 2.40. The second kappa shape index (κ2) is 5.65. The lowest BCUT2D eigenvalue weighted by atomic mass is 10.1. The maximum absolute atomic E-state index is 11.6. The standard InChI is InChI=1S/C14H16O5/c1-3-17-11-6-5-9(7-12(11)18-4-2)13-10(15)8-19-14(13)16/h5-7,15H,3-4,8H2,1-2H3. The summed E-state index contributed by atoms with van der Waals surface area (Å²) in [6, 6.07) is 5.09. The topological polar surface area (TPSA) is 65.0 Å². The zero-order chi connectivity index (χ0) is 13.8. The van der Waals surface area contributed by atoms with E-state index in [-0.39, 0.29) is 17.9 Å². The van der Waals surface area contributed by atoms with Gasteiger partial charge in [-0.05, 0) is 31.5 Å². The Morgan fingerprint density at radius 1 is 1.21 bits per heavy atom. The van der Waals surface area contributed by atoms with Crippen LogP contribution in [0.4, 0.5) is 0 Å². The summed E-state index contributed by atoms with van der Waals surface area (Å²) in [7, 11) is 0. The Labute approximate surface area is 111 Å². The molecule has 1 aromatic rings. The summed E-state index contributed by atoms with van der Waals surface area (Å²) in [6.45, 7) is 4.68. The summed E-state index contributed by atoms with van der Waals surface area (Å²) in [4.78, 5) is 11.6. The van der Waals surface area contributed by atoms with Crippen LogP contribution in [0.5, 0.6) is 11.5 Å². The minimum Gasteiger partial charge on any atom is -0.508 e. The lowest BCUT2D eigenvalue weighted by Crippen LogP contribution is -2.02. The summed E-state index contributed by atoms with van der Waals surface area (Å²) in [5.74, 6) is 0.571. The summed E-state index contributed by atoms with van der Waals surface area (Å²) < 4.78 is 15.7. The largest absolute Gasteiger partial charge is 0.508 e. The second-order valence-corrected chi connectivity index (χ2v) is 3.93. The van der Waals surface area contributed by atoms with Gasteiger partial charge in [0.05, 0.1) is 13.2 Å². The average Bonchev–Trinajstić information content (AvgIpc) is 2.72. The molecule has 19 heavy (non-hydrogen) atoms. The van der Waals surface area contributed by atoms with Crippen molar-refractivity contribution in [3.63, 3.8) is 0 Å². The first-order valence-corrected chi connectivity index (χ1v) is 6.16. The van der Waals surface area contributed by atoms with Crippen LogP contribution in [0.2, 0.25) is 0 Å². The molecular formula is C14H16O5. The predicted octanol–water partition coefficient (Wildman–Crippen LogP) is 2.31. The molecule has 0 atom stereocenters. The van der Waals surface area contributed by atoms with Crippen molar-refractivity contribution in [3.05, 3.63) is 29.5 Å². The first kappa shape index (κ1) is 13.3. The molecule has 1 heterocycles. The Hall–Kier alpha value is -2.17. The Bertz CT molecular complexity index is 519. The van der Waals surface area contributed by atoms with Crippen molar-refractivity contribution in [1.29, 1.82) is 0 Å². The molecular weight excluding hydrogens is 248 g/mol. The van der Waals surface area contributed by atoms with E-state index < -0.39 is 5.97 Å². The normalized spacial score (nSPS) is 14.5. The van der Waals surface area contributed by atoms with Gasteiger partial charge in [-0.3, -0.25) is 0 Å². The van der Waals surface area contributed by atoms with Crippen molar-refractivity contribution in [2.75, 3.05) is 19.8 Å². The first-order chi connectivity index (χ1) is 9.17. The Morgan fingerprint density at radius 3 is 2.47 bits per heavy atom. The lowest BCUT2D eigenvalue weighted by molar-refractivity contribution is -0.134. The van der Waals surface area contributed by atoms with Crippen LogP contribution in [-0.4, -0.2) is 30.9 Å². The zero-order valence-electron chi connectivity index (χ0n) is 10.9. The maximum atomic E-state index is 11.6. The quantitative estimate of drug-likeness (QED) is 0.827. The smallest absolute Gasteiger partial charge is 0.342 e. The number of hydrogen-bond donors (Lipinski definition) is 1. The van der Waals surface area contributed by atoms with Crippen LogP contribution in [0, 0.1) is 0 Å². The number of aliphatic hydroxyl groups is 1. The molecule has 1 aromatic carbocycles. The van der Waals surface area contributed by atoms with Crippen molar-refractivity contribution in [3.8, 4) is 11.5 Å². The number of esters is 1. The van der Waals surface area contributed by atoms with Gasteiger partial charge in [-0.25, -0.2) is 4.79 Å². The fraction of sp³-hybridized carbons (Fsp3) is 0.357. The van der Waals surface area contributed by atoms with Crippen molar-refractivity contribution < 1.29 is 24.1 Å². The van der Waals surface area contributed by atoms with E-state index in [1.165, 1.54) is 0 Å². The maximum Gasteiger partial charge on any atom is 0.342 e. The van der Waals surface area contributed by atoms with Crippen LogP contribution in [0.15, 0.2) is 24.0 Å². The number of rotatable bonds is 5. The third-order valence-electron chi connectivity index (χ3n) is 2.66.